The van der Waals surface area contributed by atoms with Crippen molar-refractivity contribution in [2.24, 2.45) is 0 Å². The largest absolute Gasteiger partial charge is 0.355 e. The summed E-state index contributed by atoms with van der Waals surface area (Å²) in [7, 11) is 0. The molecule has 8 heteroatoms. The van der Waals surface area contributed by atoms with Crippen LogP contribution in [0, 0.1) is 13.8 Å². The van der Waals surface area contributed by atoms with Crippen LogP contribution in [0.1, 0.15) is 44.6 Å². The molecule has 32 heavy (non-hydrogen) atoms. The summed E-state index contributed by atoms with van der Waals surface area (Å²) in [6.45, 7) is 5.34. The van der Waals surface area contributed by atoms with Crippen molar-refractivity contribution < 1.29 is 9.59 Å². The predicted octanol–water partition coefficient (Wildman–Crippen LogP) is 3.96. The van der Waals surface area contributed by atoms with Crippen molar-refractivity contribution in [3.8, 4) is 0 Å². The van der Waals surface area contributed by atoms with Crippen LogP contribution in [-0.2, 0) is 6.54 Å². The lowest BCUT2D eigenvalue weighted by atomic mass is 10.1. The fourth-order valence-corrected chi connectivity index (χ4v) is 4.70. The normalized spacial score (nSPS) is 11.1. The van der Waals surface area contributed by atoms with Crippen LogP contribution in [0.2, 0.25) is 0 Å². The summed E-state index contributed by atoms with van der Waals surface area (Å²) < 4.78 is 1.57. The van der Waals surface area contributed by atoms with Gasteiger partial charge in [0, 0.05) is 23.7 Å². The molecule has 3 heterocycles. The van der Waals surface area contributed by atoms with E-state index in [1.807, 2.05) is 18.2 Å². The molecule has 0 aliphatic heterocycles. The number of fused-ring (bicyclic) bond motifs is 1. The van der Waals surface area contributed by atoms with Crippen molar-refractivity contribution in [1.82, 2.24) is 19.5 Å². The highest BCUT2D eigenvalue weighted by Gasteiger charge is 2.21. The molecule has 4 aromatic rings. The number of benzene rings is 1. The smallest absolute Gasteiger partial charge is 0.262 e. The maximum absolute atomic E-state index is 13.2. The Kier molecular flexibility index (Phi) is 6.05. The van der Waals surface area contributed by atoms with E-state index in [9.17, 15) is 14.4 Å². The van der Waals surface area contributed by atoms with E-state index in [1.54, 1.807) is 49.0 Å². The van der Waals surface area contributed by atoms with Crippen molar-refractivity contribution in [3.63, 3.8) is 0 Å². The van der Waals surface area contributed by atoms with E-state index in [2.05, 4.69) is 15.0 Å². The Labute approximate surface area is 188 Å². The van der Waals surface area contributed by atoms with Crippen molar-refractivity contribution in [2.45, 2.75) is 32.5 Å². The number of para-hydroxylation sites is 1. The van der Waals surface area contributed by atoms with Gasteiger partial charge in [0.25, 0.3) is 5.56 Å². The number of nitrogens with one attached hydrogen (secondary N) is 1. The van der Waals surface area contributed by atoms with Crippen LogP contribution in [0.25, 0.3) is 10.9 Å². The molecule has 0 unspecified atom stereocenters. The summed E-state index contributed by atoms with van der Waals surface area (Å²) in [6, 6.07) is 10.9. The maximum Gasteiger partial charge on any atom is 0.262 e. The first-order valence-electron chi connectivity index (χ1n) is 10.1. The molecule has 1 N–H and O–H groups in total. The molecule has 1 aromatic carbocycles. The first-order chi connectivity index (χ1) is 15.4. The van der Waals surface area contributed by atoms with Crippen molar-refractivity contribution in [1.29, 1.82) is 0 Å². The Hall–Kier alpha value is -3.52. The molecule has 0 amide bonds. The Morgan fingerprint density at radius 2 is 1.91 bits per heavy atom. The van der Waals surface area contributed by atoms with Gasteiger partial charge in [-0.1, -0.05) is 30.0 Å². The standard InChI is InChI=1S/C24H22N4O3S/c1-14-21(16(3)29)15(2)26-22(14)20(30)13-32-24-27-19-9-5-4-8-18(19)23(31)28(24)12-17-7-6-10-25-11-17/h4-11,26H,12-13H2,1-3H3. The van der Waals surface area contributed by atoms with Gasteiger partial charge in [0.05, 0.1) is 28.9 Å². The summed E-state index contributed by atoms with van der Waals surface area (Å²) in [5.74, 6) is -0.154. The molecule has 3 aromatic heterocycles. The fraction of sp³-hybridized carbons (Fsp3) is 0.208. The average Bonchev–Trinajstić information content (AvgIpc) is 3.09. The van der Waals surface area contributed by atoms with Gasteiger partial charge >= 0.3 is 0 Å². The number of carbonyl (C=O) groups excluding carboxylic acids is 2. The van der Waals surface area contributed by atoms with Crippen LogP contribution in [0.4, 0.5) is 0 Å². The molecule has 162 valence electrons. The summed E-state index contributed by atoms with van der Waals surface area (Å²) in [5.41, 5.74) is 3.58. The molecule has 0 aliphatic rings. The number of aryl methyl sites for hydroxylation is 1. The van der Waals surface area contributed by atoms with Crippen molar-refractivity contribution in [2.75, 3.05) is 5.75 Å². The minimum Gasteiger partial charge on any atom is -0.355 e. The van der Waals surface area contributed by atoms with Gasteiger partial charge in [0.15, 0.2) is 16.7 Å². The fourth-order valence-electron chi connectivity index (χ4n) is 3.83. The van der Waals surface area contributed by atoms with E-state index in [0.29, 0.717) is 45.1 Å². The summed E-state index contributed by atoms with van der Waals surface area (Å²) >= 11 is 1.21. The molecule has 4 rings (SSSR count). The number of hydrogen-bond acceptors (Lipinski definition) is 6. The highest BCUT2D eigenvalue weighted by molar-refractivity contribution is 7.99. The number of hydrogen-bond donors (Lipinski definition) is 1. The minimum atomic E-state index is -0.167. The van der Waals surface area contributed by atoms with Gasteiger partial charge < -0.3 is 4.98 Å². The Morgan fingerprint density at radius 3 is 2.59 bits per heavy atom. The Bertz CT molecular complexity index is 1390. The highest BCUT2D eigenvalue weighted by atomic mass is 32.2. The Balaban J connectivity index is 1.69. The quantitative estimate of drug-likeness (QED) is 0.262. The molecule has 0 bridgehead atoms. The highest BCUT2D eigenvalue weighted by Crippen LogP contribution is 2.23. The molecule has 0 fully saturated rings. The second kappa shape index (κ2) is 8.92. The van der Waals surface area contributed by atoms with E-state index in [-0.39, 0.29) is 22.9 Å². The third-order valence-corrected chi connectivity index (χ3v) is 6.27. The third-order valence-electron chi connectivity index (χ3n) is 5.29. The number of thioether (sulfide) groups is 1. The molecule has 0 radical (unpaired) electrons. The van der Waals surface area contributed by atoms with Crippen LogP contribution in [0.5, 0.6) is 0 Å². The van der Waals surface area contributed by atoms with Gasteiger partial charge in [-0.2, -0.15) is 0 Å². The van der Waals surface area contributed by atoms with Crippen molar-refractivity contribution in [3.05, 3.63) is 87.2 Å². The number of nitrogens with zero attached hydrogens (tertiary/aromatic N) is 3. The van der Waals surface area contributed by atoms with E-state index in [4.69, 9.17) is 0 Å². The van der Waals surface area contributed by atoms with E-state index < -0.39 is 0 Å². The molecule has 0 saturated heterocycles. The summed E-state index contributed by atoms with van der Waals surface area (Å²) in [6.07, 6.45) is 3.38. The van der Waals surface area contributed by atoms with Crippen LogP contribution >= 0.6 is 11.8 Å². The molecular formula is C24H22N4O3S. The lowest BCUT2D eigenvalue weighted by Gasteiger charge is -2.13. The molecule has 0 atom stereocenters. The third kappa shape index (κ3) is 4.13. The second-order valence-corrected chi connectivity index (χ2v) is 8.50. The van der Waals surface area contributed by atoms with Gasteiger partial charge in [-0.15, -0.1) is 0 Å². The van der Waals surface area contributed by atoms with Gasteiger partial charge in [-0.25, -0.2) is 4.98 Å². The topological polar surface area (TPSA) is 97.7 Å². The molecule has 0 aliphatic carbocycles. The van der Waals surface area contributed by atoms with Crippen LogP contribution < -0.4 is 5.56 Å². The number of aromatic amines is 1. The van der Waals surface area contributed by atoms with Gasteiger partial charge in [-0.3, -0.25) is 23.9 Å². The monoisotopic (exact) mass is 446 g/mol. The van der Waals surface area contributed by atoms with E-state index in [0.717, 1.165) is 5.56 Å². The predicted molar refractivity (Wildman–Crippen MR) is 125 cm³/mol. The number of ketones is 2. The number of rotatable bonds is 7. The lowest BCUT2D eigenvalue weighted by molar-refractivity contribution is 0.101. The average molecular weight is 447 g/mol. The first-order valence-corrected chi connectivity index (χ1v) is 11.1. The van der Waals surface area contributed by atoms with Gasteiger partial charge in [-0.05, 0) is 50.1 Å². The number of aromatic nitrogens is 4. The number of pyridine rings is 1. The van der Waals surface area contributed by atoms with E-state index in [1.165, 1.54) is 18.7 Å². The maximum atomic E-state index is 13.2. The molecule has 0 spiro atoms. The van der Waals surface area contributed by atoms with Gasteiger partial charge in [0.2, 0.25) is 0 Å². The number of Topliss-reactive ketones (excluding diaryl/α,β-unsaturated/α-hetero) is 2. The van der Waals surface area contributed by atoms with Gasteiger partial charge in [0.1, 0.15) is 0 Å². The molecule has 0 saturated carbocycles. The van der Waals surface area contributed by atoms with Crippen LogP contribution in [-0.4, -0.2) is 36.8 Å². The zero-order valence-corrected chi connectivity index (χ0v) is 18.8. The van der Waals surface area contributed by atoms with Crippen molar-refractivity contribution >= 4 is 34.2 Å². The summed E-state index contributed by atoms with van der Waals surface area (Å²) in [4.78, 5) is 49.9. The summed E-state index contributed by atoms with van der Waals surface area (Å²) in [5, 5.41) is 0.979. The lowest BCUT2D eigenvalue weighted by Crippen LogP contribution is -2.24. The number of H-pyrrole nitrogens is 1. The zero-order valence-electron chi connectivity index (χ0n) is 18.0. The SMILES string of the molecule is CC(=O)c1c(C)[nH]c(C(=O)CSc2nc3ccccc3c(=O)n2Cc2cccnc2)c1C. The Morgan fingerprint density at radius 1 is 1.12 bits per heavy atom. The van der Waals surface area contributed by atoms with Crippen LogP contribution in [0.3, 0.4) is 0 Å². The molecular weight excluding hydrogens is 424 g/mol. The molecule has 7 nitrogen and oxygen atoms in total. The first kappa shape index (κ1) is 21.7. The number of carbonyl (C=O) groups is 2. The van der Waals surface area contributed by atoms with Crippen LogP contribution in [0.15, 0.2) is 58.7 Å². The second-order valence-electron chi connectivity index (χ2n) is 7.56. The van der Waals surface area contributed by atoms with E-state index >= 15 is 0 Å². The minimum absolute atomic E-state index is 0.0792. The zero-order chi connectivity index (χ0) is 22.8.